The van der Waals surface area contributed by atoms with E-state index in [2.05, 4.69) is 30.5 Å². The van der Waals surface area contributed by atoms with E-state index < -0.39 is 0 Å². The monoisotopic (exact) mass is 166 g/mol. The number of hydrogen-bond acceptors (Lipinski definition) is 1. The van der Waals surface area contributed by atoms with Crippen LogP contribution in [-0.2, 0) is 13.1 Å². The van der Waals surface area contributed by atoms with Gasteiger partial charge in [0.15, 0.2) is 0 Å². The molecule has 0 saturated heterocycles. The van der Waals surface area contributed by atoms with E-state index in [0.29, 0.717) is 6.54 Å². The highest BCUT2D eigenvalue weighted by atomic mass is 15.0. The summed E-state index contributed by atoms with van der Waals surface area (Å²) in [6.45, 7) is 6.11. The van der Waals surface area contributed by atoms with Gasteiger partial charge in [0.1, 0.15) is 0 Å². The Labute approximate surface area is 74.4 Å². The molecule has 1 aromatic rings. The molecule has 0 aliphatic carbocycles. The van der Waals surface area contributed by atoms with Gasteiger partial charge in [-0.2, -0.15) is 0 Å². The average Bonchev–Trinajstić information content (AvgIpc) is 2.43. The highest BCUT2D eigenvalue weighted by Gasteiger charge is 2.01. The molecule has 0 unspecified atom stereocenters. The molecule has 0 spiro atoms. The molecule has 0 saturated carbocycles. The van der Waals surface area contributed by atoms with Crippen LogP contribution < -0.4 is 5.73 Å². The number of rotatable bonds is 4. The maximum absolute atomic E-state index is 5.61. The van der Waals surface area contributed by atoms with Crippen LogP contribution >= 0.6 is 0 Å². The smallest absolute Gasteiger partial charge is 0.0334 e. The summed E-state index contributed by atoms with van der Waals surface area (Å²) in [4.78, 5) is 0. The van der Waals surface area contributed by atoms with Crippen LogP contribution in [0.2, 0.25) is 0 Å². The van der Waals surface area contributed by atoms with Crippen molar-refractivity contribution in [3.63, 3.8) is 0 Å². The van der Waals surface area contributed by atoms with Gasteiger partial charge in [0, 0.05) is 24.5 Å². The first-order valence-corrected chi connectivity index (χ1v) is 4.64. The minimum atomic E-state index is 0.650. The largest absolute Gasteiger partial charge is 0.348 e. The Morgan fingerprint density at radius 3 is 2.75 bits per heavy atom. The van der Waals surface area contributed by atoms with Crippen LogP contribution in [0.1, 0.15) is 31.2 Å². The van der Waals surface area contributed by atoms with Gasteiger partial charge in [-0.05, 0) is 25.5 Å². The van der Waals surface area contributed by atoms with Crippen LogP contribution in [0.3, 0.4) is 0 Å². The fourth-order valence-corrected chi connectivity index (χ4v) is 1.44. The molecule has 1 heterocycles. The second kappa shape index (κ2) is 4.31. The summed E-state index contributed by atoms with van der Waals surface area (Å²) in [7, 11) is 0. The summed E-state index contributed by atoms with van der Waals surface area (Å²) >= 11 is 0. The van der Waals surface area contributed by atoms with Crippen LogP contribution in [0.15, 0.2) is 12.1 Å². The van der Waals surface area contributed by atoms with E-state index in [-0.39, 0.29) is 0 Å². The highest BCUT2D eigenvalue weighted by Crippen LogP contribution is 2.09. The zero-order chi connectivity index (χ0) is 8.97. The SMILES string of the molecule is CCCCn1c(C)ccc1CN. The molecule has 0 aliphatic rings. The Morgan fingerprint density at radius 2 is 2.17 bits per heavy atom. The molecule has 68 valence electrons. The average molecular weight is 166 g/mol. The maximum Gasteiger partial charge on any atom is 0.0334 e. The summed E-state index contributed by atoms with van der Waals surface area (Å²) in [6.07, 6.45) is 2.48. The number of hydrogen-bond donors (Lipinski definition) is 1. The zero-order valence-corrected chi connectivity index (χ0v) is 8.01. The lowest BCUT2D eigenvalue weighted by Crippen LogP contribution is -2.08. The summed E-state index contributed by atoms with van der Waals surface area (Å²) in [5.74, 6) is 0. The summed E-state index contributed by atoms with van der Waals surface area (Å²) < 4.78 is 2.31. The van der Waals surface area contributed by atoms with Gasteiger partial charge >= 0.3 is 0 Å². The third-order valence-corrected chi connectivity index (χ3v) is 2.23. The van der Waals surface area contributed by atoms with Crippen molar-refractivity contribution in [2.45, 2.75) is 39.8 Å². The number of aromatic nitrogens is 1. The van der Waals surface area contributed by atoms with E-state index in [1.165, 1.54) is 24.2 Å². The van der Waals surface area contributed by atoms with Crippen molar-refractivity contribution in [1.29, 1.82) is 0 Å². The van der Waals surface area contributed by atoms with Crippen LogP contribution in [0.4, 0.5) is 0 Å². The van der Waals surface area contributed by atoms with E-state index in [1.54, 1.807) is 0 Å². The van der Waals surface area contributed by atoms with E-state index in [4.69, 9.17) is 5.73 Å². The third kappa shape index (κ3) is 1.89. The molecule has 0 aromatic carbocycles. The molecule has 2 nitrogen and oxygen atoms in total. The summed E-state index contributed by atoms with van der Waals surface area (Å²) in [5, 5.41) is 0. The first-order valence-electron chi connectivity index (χ1n) is 4.64. The van der Waals surface area contributed by atoms with Gasteiger partial charge in [0.05, 0.1) is 0 Å². The Kier molecular flexibility index (Phi) is 3.35. The Balaban J connectivity index is 2.72. The van der Waals surface area contributed by atoms with Gasteiger partial charge in [-0.15, -0.1) is 0 Å². The molecule has 2 N–H and O–H groups in total. The lowest BCUT2D eigenvalue weighted by molar-refractivity contribution is 0.598. The van der Waals surface area contributed by atoms with Crippen LogP contribution in [0, 0.1) is 6.92 Å². The molecule has 1 rings (SSSR count). The first-order chi connectivity index (χ1) is 5.79. The highest BCUT2D eigenvalue weighted by molar-refractivity contribution is 5.14. The van der Waals surface area contributed by atoms with E-state index >= 15 is 0 Å². The van der Waals surface area contributed by atoms with Gasteiger partial charge in [-0.3, -0.25) is 0 Å². The second-order valence-electron chi connectivity index (χ2n) is 3.18. The predicted molar refractivity (Wildman–Crippen MR) is 52.0 cm³/mol. The predicted octanol–water partition coefficient (Wildman–Crippen LogP) is 2.06. The molecule has 0 amide bonds. The van der Waals surface area contributed by atoms with E-state index in [9.17, 15) is 0 Å². The molecule has 12 heavy (non-hydrogen) atoms. The molecule has 2 heteroatoms. The van der Waals surface area contributed by atoms with Gasteiger partial charge in [-0.25, -0.2) is 0 Å². The van der Waals surface area contributed by atoms with Crippen molar-refractivity contribution >= 4 is 0 Å². The minimum absolute atomic E-state index is 0.650. The maximum atomic E-state index is 5.61. The van der Waals surface area contributed by atoms with Crippen molar-refractivity contribution in [2.24, 2.45) is 5.73 Å². The van der Waals surface area contributed by atoms with Crippen molar-refractivity contribution in [3.05, 3.63) is 23.5 Å². The Bertz CT molecular complexity index is 238. The molecule has 1 aromatic heterocycles. The molecule has 0 atom stereocenters. The number of nitrogens with two attached hydrogens (primary N) is 1. The van der Waals surface area contributed by atoms with E-state index in [1.807, 2.05) is 0 Å². The van der Waals surface area contributed by atoms with Crippen LogP contribution in [0.5, 0.6) is 0 Å². The standard InChI is InChI=1S/C10H18N2/c1-3-4-7-12-9(2)5-6-10(12)8-11/h5-6H,3-4,7-8,11H2,1-2H3. The Hall–Kier alpha value is -0.760. The molecule has 0 aliphatic heterocycles. The first kappa shape index (κ1) is 9.33. The quantitative estimate of drug-likeness (QED) is 0.729. The van der Waals surface area contributed by atoms with Gasteiger partial charge in [0.2, 0.25) is 0 Å². The fourth-order valence-electron chi connectivity index (χ4n) is 1.44. The van der Waals surface area contributed by atoms with Gasteiger partial charge in [-0.1, -0.05) is 13.3 Å². The summed E-state index contributed by atoms with van der Waals surface area (Å²) in [5.41, 5.74) is 8.19. The van der Waals surface area contributed by atoms with Crippen molar-refractivity contribution in [3.8, 4) is 0 Å². The zero-order valence-electron chi connectivity index (χ0n) is 8.01. The fraction of sp³-hybridized carbons (Fsp3) is 0.600. The second-order valence-corrected chi connectivity index (χ2v) is 3.18. The Morgan fingerprint density at radius 1 is 1.42 bits per heavy atom. The molecular weight excluding hydrogens is 148 g/mol. The number of unbranched alkanes of at least 4 members (excludes halogenated alkanes) is 1. The van der Waals surface area contributed by atoms with Gasteiger partial charge in [0.25, 0.3) is 0 Å². The number of aryl methyl sites for hydroxylation is 1. The van der Waals surface area contributed by atoms with Crippen molar-refractivity contribution < 1.29 is 0 Å². The van der Waals surface area contributed by atoms with Crippen molar-refractivity contribution in [2.75, 3.05) is 0 Å². The molecule has 0 bridgehead atoms. The normalized spacial score (nSPS) is 10.6. The van der Waals surface area contributed by atoms with Gasteiger partial charge < -0.3 is 10.3 Å². The van der Waals surface area contributed by atoms with Crippen LogP contribution in [-0.4, -0.2) is 4.57 Å². The topological polar surface area (TPSA) is 30.9 Å². The van der Waals surface area contributed by atoms with Crippen molar-refractivity contribution in [1.82, 2.24) is 4.57 Å². The third-order valence-electron chi connectivity index (χ3n) is 2.23. The molecule has 0 fully saturated rings. The minimum Gasteiger partial charge on any atom is -0.348 e. The molecular formula is C10H18N2. The molecule has 0 radical (unpaired) electrons. The van der Waals surface area contributed by atoms with Crippen LogP contribution in [0.25, 0.3) is 0 Å². The lowest BCUT2D eigenvalue weighted by atomic mass is 10.3. The van der Waals surface area contributed by atoms with E-state index in [0.717, 1.165) is 6.54 Å². The lowest BCUT2D eigenvalue weighted by Gasteiger charge is -2.08. The summed E-state index contributed by atoms with van der Waals surface area (Å²) in [6, 6.07) is 4.25. The number of nitrogens with zero attached hydrogens (tertiary/aromatic N) is 1.